The molecule has 1 aromatic rings. The number of rotatable bonds is 5. The highest BCUT2D eigenvalue weighted by Gasteiger charge is 2.27. The van der Waals surface area contributed by atoms with Crippen LogP contribution in [0.3, 0.4) is 0 Å². The summed E-state index contributed by atoms with van der Waals surface area (Å²) in [4.78, 5) is 0. The molecule has 1 aliphatic rings. The van der Waals surface area contributed by atoms with Gasteiger partial charge in [-0.2, -0.15) is 0 Å². The molecule has 2 rings (SSSR count). The largest absolute Gasteiger partial charge is 0.486 e. The van der Waals surface area contributed by atoms with Gasteiger partial charge in [0.25, 0.3) is 0 Å². The third-order valence-electron chi connectivity index (χ3n) is 3.40. The first kappa shape index (κ1) is 13.4. The summed E-state index contributed by atoms with van der Waals surface area (Å²) in [5.74, 6) is 0.999. The van der Waals surface area contributed by atoms with Crippen LogP contribution in [0, 0.1) is 0 Å². The summed E-state index contributed by atoms with van der Waals surface area (Å²) in [7, 11) is 0. The number of aryl methyl sites for hydroxylation is 1. The average Bonchev–Trinajstić information content (AvgIpc) is 2.42. The summed E-state index contributed by atoms with van der Waals surface area (Å²) in [5.41, 5.74) is 1.26. The maximum atomic E-state index is 6.16. The lowest BCUT2D eigenvalue weighted by molar-refractivity contribution is -0.0146. The van der Waals surface area contributed by atoms with Gasteiger partial charge in [0, 0.05) is 12.6 Å². The molecule has 1 saturated heterocycles. The van der Waals surface area contributed by atoms with Crippen LogP contribution >= 0.6 is 0 Å². The lowest BCUT2D eigenvalue weighted by atomic mass is 10.1. The first-order chi connectivity index (χ1) is 8.85. The van der Waals surface area contributed by atoms with E-state index in [0.29, 0.717) is 12.6 Å². The van der Waals surface area contributed by atoms with Crippen LogP contribution in [0.25, 0.3) is 0 Å². The second-order valence-electron chi connectivity index (χ2n) is 4.65. The van der Waals surface area contributed by atoms with E-state index in [9.17, 15) is 0 Å². The van der Waals surface area contributed by atoms with Gasteiger partial charge >= 0.3 is 0 Å². The molecule has 2 atom stereocenters. The number of ether oxygens (including phenoxy) is 2. The Morgan fingerprint density at radius 3 is 2.94 bits per heavy atom. The zero-order valence-corrected chi connectivity index (χ0v) is 11.3. The Hall–Kier alpha value is -1.06. The molecule has 18 heavy (non-hydrogen) atoms. The van der Waals surface area contributed by atoms with E-state index in [1.807, 2.05) is 6.07 Å². The minimum Gasteiger partial charge on any atom is -0.486 e. The van der Waals surface area contributed by atoms with Crippen molar-refractivity contribution in [2.45, 2.75) is 38.8 Å². The number of nitrogens with one attached hydrogen (secondary N) is 1. The molecule has 3 nitrogen and oxygen atoms in total. The van der Waals surface area contributed by atoms with Crippen LogP contribution in [0.4, 0.5) is 0 Å². The van der Waals surface area contributed by atoms with Crippen molar-refractivity contribution in [2.75, 3.05) is 19.8 Å². The lowest BCUT2D eigenvalue weighted by Gasteiger charge is -2.32. The number of likely N-dealkylation sites (N-methyl/N-ethyl adjacent to an activating group) is 1. The van der Waals surface area contributed by atoms with E-state index < -0.39 is 0 Å². The van der Waals surface area contributed by atoms with Gasteiger partial charge in [-0.25, -0.2) is 0 Å². The van der Waals surface area contributed by atoms with E-state index in [0.717, 1.165) is 31.7 Å². The molecule has 2 unspecified atom stereocenters. The molecule has 0 spiro atoms. The summed E-state index contributed by atoms with van der Waals surface area (Å²) >= 11 is 0. The maximum absolute atomic E-state index is 6.16. The predicted octanol–water partition coefficient (Wildman–Crippen LogP) is 2.39. The molecule has 0 aromatic heterocycles. The van der Waals surface area contributed by atoms with Gasteiger partial charge in [-0.1, -0.05) is 32.0 Å². The van der Waals surface area contributed by atoms with Crippen molar-refractivity contribution in [3.8, 4) is 5.75 Å². The highest BCUT2D eigenvalue weighted by molar-refractivity contribution is 5.33. The summed E-state index contributed by atoms with van der Waals surface area (Å²) in [6, 6.07) is 8.66. The highest BCUT2D eigenvalue weighted by Crippen LogP contribution is 2.22. The second-order valence-corrected chi connectivity index (χ2v) is 4.65. The van der Waals surface area contributed by atoms with Gasteiger partial charge in [-0.05, 0) is 31.0 Å². The van der Waals surface area contributed by atoms with Crippen LogP contribution in [-0.2, 0) is 11.2 Å². The summed E-state index contributed by atoms with van der Waals surface area (Å²) in [6.07, 6.45) is 2.13. The van der Waals surface area contributed by atoms with Crippen LogP contribution in [0.5, 0.6) is 5.75 Å². The summed E-state index contributed by atoms with van der Waals surface area (Å²) < 4.78 is 11.7. The lowest BCUT2D eigenvalue weighted by Crippen LogP contribution is -2.49. The molecule has 100 valence electrons. The Morgan fingerprint density at radius 1 is 1.33 bits per heavy atom. The quantitative estimate of drug-likeness (QED) is 0.869. The Kier molecular flexibility index (Phi) is 5.02. The molecule has 1 heterocycles. The molecule has 0 aliphatic carbocycles. The van der Waals surface area contributed by atoms with E-state index in [1.54, 1.807) is 0 Å². The topological polar surface area (TPSA) is 30.5 Å². The number of benzene rings is 1. The van der Waals surface area contributed by atoms with Crippen LogP contribution in [0.15, 0.2) is 24.3 Å². The minimum absolute atomic E-state index is 0.117. The monoisotopic (exact) mass is 249 g/mol. The van der Waals surface area contributed by atoms with Gasteiger partial charge in [0.1, 0.15) is 11.9 Å². The van der Waals surface area contributed by atoms with Crippen molar-refractivity contribution in [2.24, 2.45) is 0 Å². The average molecular weight is 249 g/mol. The van der Waals surface area contributed by atoms with E-state index in [-0.39, 0.29) is 6.10 Å². The van der Waals surface area contributed by atoms with Crippen LogP contribution in [0.1, 0.15) is 25.8 Å². The van der Waals surface area contributed by atoms with Gasteiger partial charge < -0.3 is 14.8 Å². The Balaban J connectivity index is 2.05. The normalized spacial score (nSPS) is 23.9. The molecule has 1 N–H and O–H groups in total. The van der Waals surface area contributed by atoms with Crippen LogP contribution in [0.2, 0.25) is 0 Å². The third kappa shape index (κ3) is 3.24. The van der Waals surface area contributed by atoms with Crippen molar-refractivity contribution in [1.29, 1.82) is 0 Å². The van der Waals surface area contributed by atoms with Crippen molar-refractivity contribution in [3.63, 3.8) is 0 Å². The van der Waals surface area contributed by atoms with Gasteiger partial charge in [0.2, 0.25) is 0 Å². The molecule has 0 radical (unpaired) electrons. The molecular formula is C15H23NO2. The highest BCUT2D eigenvalue weighted by atomic mass is 16.5. The van der Waals surface area contributed by atoms with Gasteiger partial charge in [-0.3, -0.25) is 0 Å². The SMILES string of the molecule is CCNC1CCOCC1Oc1ccccc1CC. The maximum Gasteiger partial charge on any atom is 0.137 e. The molecule has 0 amide bonds. The van der Waals surface area contributed by atoms with Gasteiger partial charge in [0.15, 0.2) is 0 Å². The first-order valence-electron chi connectivity index (χ1n) is 6.90. The summed E-state index contributed by atoms with van der Waals surface area (Å²) in [5, 5.41) is 3.49. The van der Waals surface area contributed by atoms with Crippen molar-refractivity contribution >= 4 is 0 Å². The standard InChI is InChI=1S/C15H23NO2/c1-3-12-7-5-6-8-14(12)18-15-11-17-10-9-13(15)16-4-2/h5-8,13,15-16H,3-4,9-11H2,1-2H3. The Labute approximate surface area is 109 Å². The zero-order chi connectivity index (χ0) is 12.8. The number of hydrogen-bond donors (Lipinski definition) is 1. The van der Waals surface area contributed by atoms with Crippen molar-refractivity contribution in [3.05, 3.63) is 29.8 Å². The predicted molar refractivity (Wildman–Crippen MR) is 73.1 cm³/mol. The fraction of sp³-hybridized carbons (Fsp3) is 0.600. The first-order valence-corrected chi connectivity index (χ1v) is 6.90. The van der Waals surface area contributed by atoms with Crippen molar-refractivity contribution < 1.29 is 9.47 Å². The number of para-hydroxylation sites is 1. The van der Waals surface area contributed by atoms with Gasteiger partial charge in [-0.15, -0.1) is 0 Å². The molecule has 1 aromatic carbocycles. The molecule has 1 aliphatic heterocycles. The smallest absolute Gasteiger partial charge is 0.137 e. The van der Waals surface area contributed by atoms with E-state index in [2.05, 4.69) is 37.4 Å². The fourth-order valence-electron chi connectivity index (χ4n) is 2.40. The Bertz CT molecular complexity index is 365. The van der Waals surface area contributed by atoms with E-state index in [1.165, 1.54) is 5.56 Å². The van der Waals surface area contributed by atoms with Crippen LogP contribution in [-0.4, -0.2) is 31.9 Å². The fourth-order valence-corrected chi connectivity index (χ4v) is 2.40. The molecule has 3 heteroatoms. The van der Waals surface area contributed by atoms with Crippen molar-refractivity contribution in [1.82, 2.24) is 5.32 Å². The van der Waals surface area contributed by atoms with Crippen LogP contribution < -0.4 is 10.1 Å². The molecule has 0 saturated carbocycles. The molecule has 0 bridgehead atoms. The minimum atomic E-state index is 0.117. The number of hydrogen-bond acceptors (Lipinski definition) is 3. The van der Waals surface area contributed by atoms with Gasteiger partial charge in [0.05, 0.1) is 6.61 Å². The second kappa shape index (κ2) is 6.76. The summed E-state index contributed by atoms with van der Waals surface area (Å²) in [6.45, 7) is 6.76. The van der Waals surface area contributed by atoms with E-state index >= 15 is 0 Å². The Morgan fingerprint density at radius 2 is 2.17 bits per heavy atom. The molecular weight excluding hydrogens is 226 g/mol. The van der Waals surface area contributed by atoms with E-state index in [4.69, 9.17) is 9.47 Å². The third-order valence-corrected chi connectivity index (χ3v) is 3.40. The molecule has 1 fully saturated rings. The zero-order valence-electron chi connectivity index (χ0n) is 11.3.